The minimum absolute atomic E-state index is 0.196. The van der Waals surface area contributed by atoms with Crippen molar-refractivity contribution in [2.45, 2.75) is 26.6 Å². The minimum atomic E-state index is -0.196. The van der Waals surface area contributed by atoms with Gasteiger partial charge in [-0.05, 0) is 31.7 Å². The van der Waals surface area contributed by atoms with E-state index in [2.05, 4.69) is 20.4 Å². The van der Waals surface area contributed by atoms with Gasteiger partial charge in [-0.15, -0.1) is 10.2 Å². The van der Waals surface area contributed by atoms with Crippen LogP contribution in [0.2, 0.25) is 0 Å². The summed E-state index contributed by atoms with van der Waals surface area (Å²) in [6.07, 6.45) is 1.66. The van der Waals surface area contributed by atoms with Crippen LogP contribution in [-0.2, 0) is 19.6 Å². The highest BCUT2D eigenvalue weighted by Crippen LogP contribution is 2.14. The van der Waals surface area contributed by atoms with Crippen LogP contribution in [0.5, 0.6) is 0 Å². The predicted molar refractivity (Wildman–Crippen MR) is 96.1 cm³/mol. The van der Waals surface area contributed by atoms with Gasteiger partial charge in [0.15, 0.2) is 0 Å². The molecule has 0 radical (unpaired) electrons. The first-order chi connectivity index (χ1) is 12.1. The largest absolute Gasteiger partial charge is 0.468 e. The maximum atomic E-state index is 12.2. The Morgan fingerprint density at radius 3 is 2.72 bits per heavy atom. The molecule has 0 saturated carbocycles. The Kier molecular flexibility index (Phi) is 5.57. The van der Waals surface area contributed by atoms with Crippen LogP contribution in [0.25, 0.3) is 0 Å². The number of hydrogen-bond donors (Lipinski definition) is 1. The number of furan rings is 1. The van der Waals surface area contributed by atoms with E-state index < -0.39 is 0 Å². The van der Waals surface area contributed by atoms with Crippen molar-refractivity contribution in [3.8, 4) is 0 Å². The van der Waals surface area contributed by atoms with Crippen LogP contribution < -0.4 is 5.32 Å². The number of hydrogen-bond acceptors (Lipinski definition) is 6. The van der Waals surface area contributed by atoms with Crippen molar-refractivity contribution in [3.05, 3.63) is 69.6 Å². The predicted octanol–water partition coefficient (Wildman–Crippen LogP) is 3.00. The molecular weight excluding hydrogens is 336 g/mol. The van der Waals surface area contributed by atoms with Crippen LogP contribution in [0.3, 0.4) is 0 Å². The van der Waals surface area contributed by atoms with Crippen LogP contribution in [0, 0.1) is 6.92 Å². The van der Waals surface area contributed by atoms with Gasteiger partial charge >= 0.3 is 0 Å². The van der Waals surface area contributed by atoms with E-state index in [0.29, 0.717) is 24.6 Å². The lowest BCUT2D eigenvalue weighted by Gasteiger charge is -2.12. The molecule has 0 spiro atoms. The van der Waals surface area contributed by atoms with E-state index in [9.17, 15) is 4.79 Å². The molecule has 3 rings (SSSR count). The highest BCUT2D eigenvalue weighted by atomic mass is 32.1. The van der Waals surface area contributed by atoms with Gasteiger partial charge in [-0.3, -0.25) is 9.69 Å². The monoisotopic (exact) mass is 356 g/mol. The molecular formula is C18H20N4O2S. The smallest absolute Gasteiger partial charge is 0.282 e. The Bertz CT molecular complexity index is 812. The van der Waals surface area contributed by atoms with E-state index in [0.717, 1.165) is 16.3 Å². The molecule has 0 aliphatic heterocycles. The third-order valence-electron chi connectivity index (χ3n) is 3.65. The number of benzene rings is 1. The van der Waals surface area contributed by atoms with E-state index in [1.54, 1.807) is 6.26 Å². The van der Waals surface area contributed by atoms with Gasteiger partial charge < -0.3 is 9.73 Å². The molecule has 1 N–H and O–H groups in total. The molecule has 7 heteroatoms. The highest BCUT2D eigenvalue weighted by molar-refractivity contribution is 7.13. The summed E-state index contributed by atoms with van der Waals surface area (Å²) in [6, 6.07) is 11.9. The Labute approximate surface area is 150 Å². The van der Waals surface area contributed by atoms with Gasteiger partial charge in [-0.25, -0.2) is 0 Å². The summed E-state index contributed by atoms with van der Waals surface area (Å²) in [7, 11) is 1.97. The summed E-state index contributed by atoms with van der Waals surface area (Å²) in [6.45, 7) is 3.81. The molecule has 0 saturated heterocycles. The van der Waals surface area contributed by atoms with E-state index in [-0.39, 0.29) is 5.91 Å². The van der Waals surface area contributed by atoms with E-state index in [4.69, 9.17) is 4.42 Å². The number of amides is 1. The fourth-order valence-corrected chi connectivity index (χ4v) is 3.16. The van der Waals surface area contributed by atoms with Crippen molar-refractivity contribution in [1.29, 1.82) is 0 Å². The zero-order chi connectivity index (χ0) is 17.6. The van der Waals surface area contributed by atoms with E-state index >= 15 is 0 Å². The normalized spacial score (nSPS) is 11.0. The van der Waals surface area contributed by atoms with Crippen molar-refractivity contribution < 1.29 is 9.21 Å². The number of nitrogens with one attached hydrogen (secondary N) is 1. The van der Waals surface area contributed by atoms with Crippen molar-refractivity contribution in [2.75, 3.05) is 7.05 Å². The van der Waals surface area contributed by atoms with Crippen LogP contribution in [-0.4, -0.2) is 28.1 Å². The molecule has 25 heavy (non-hydrogen) atoms. The first kappa shape index (κ1) is 17.3. The SMILES string of the molecule is Cc1ccc(CNC(=O)c2nnc(CN(C)Cc3ccco3)s2)cc1. The minimum Gasteiger partial charge on any atom is -0.468 e. The van der Waals surface area contributed by atoms with Gasteiger partial charge in [0.2, 0.25) is 5.01 Å². The number of aryl methyl sites for hydroxylation is 1. The Morgan fingerprint density at radius 2 is 2.00 bits per heavy atom. The van der Waals surface area contributed by atoms with Crippen molar-refractivity contribution in [2.24, 2.45) is 0 Å². The quantitative estimate of drug-likeness (QED) is 0.705. The third kappa shape index (κ3) is 4.98. The van der Waals surface area contributed by atoms with Crippen molar-refractivity contribution in [1.82, 2.24) is 20.4 Å². The lowest BCUT2D eigenvalue weighted by Crippen LogP contribution is -2.22. The summed E-state index contributed by atoms with van der Waals surface area (Å²) in [4.78, 5) is 14.3. The molecule has 130 valence electrons. The second-order valence-electron chi connectivity index (χ2n) is 5.92. The van der Waals surface area contributed by atoms with Crippen LogP contribution in [0.1, 0.15) is 31.7 Å². The zero-order valence-corrected chi connectivity index (χ0v) is 15.0. The van der Waals surface area contributed by atoms with Gasteiger partial charge in [0.05, 0.1) is 19.4 Å². The molecule has 0 aliphatic carbocycles. The molecule has 3 aromatic rings. The Morgan fingerprint density at radius 1 is 1.20 bits per heavy atom. The maximum Gasteiger partial charge on any atom is 0.282 e. The molecule has 0 aliphatic rings. The number of rotatable bonds is 7. The highest BCUT2D eigenvalue weighted by Gasteiger charge is 2.14. The van der Waals surface area contributed by atoms with Crippen LogP contribution in [0.4, 0.5) is 0 Å². The van der Waals surface area contributed by atoms with Crippen LogP contribution >= 0.6 is 11.3 Å². The molecule has 1 amide bonds. The molecule has 1 aromatic carbocycles. The lowest BCUT2D eigenvalue weighted by atomic mass is 10.1. The number of carbonyl (C=O) groups is 1. The number of carbonyl (C=O) groups excluding carboxylic acids is 1. The maximum absolute atomic E-state index is 12.2. The third-order valence-corrected chi connectivity index (χ3v) is 4.55. The second-order valence-corrected chi connectivity index (χ2v) is 6.98. The van der Waals surface area contributed by atoms with Crippen molar-refractivity contribution >= 4 is 17.2 Å². The average Bonchev–Trinajstić information content (AvgIpc) is 3.26. The molecule has 2 heterocycles. The fraction of sp³-hybridized carbons (Fsp3) is 0.278. The molecule has 0 bridgehead atoms. The molecule has 0 atom stereocenters. The molecule has 6 nitrogen and oxygen atoms in total. The first-order valence-corrected chi connectivity index (χ1v) is 8.79. The van der Waals surface area contributed by atoms with Gasteiger partial charge in [0.1, 0.15) is 10.8 Å². The summed E-state index contributed by atoms with van der Waals surface area (Å²) >= 11 is 1.31. The topological polar surface area (TPSA) is 71.3 Å². The van der Waals surface area contributed by atoms with E-state index in [1.807, 2.05) is 50.4 Å². The fourth-order valence-electron chi connectivity index (χ4n) is 2.33. The van der Waals surface area contributed by atoms with Crippen molar-refractivity contribution in [3.63, 3.8) is 0 Å². The molecule has 0 unspecified atom stereocenters. The van der Waals surface area contributed by atoms with Gasteiger partial charge in [0, 0.05) is 6.54 Å². The Hall–Kier alpha value is -2.51. The van der Waals surface area contributed by atoms with Crippen LogP contribution in [0.15, 0.2) is 47.1 Å². The van der Waals surface area contributed by atoms with Gasteiger partial charge in [-0.2, -0.15) is 0 Å². The van der Waals surface area contributed by atoms with E-state index in [1.165, 1.54) is 16.9 Å². The summed E-state index contributed by atoms with van der Waals surface area (Å²) in [5.41, 5.74) is 2.25. The van der Waals surface area contributed by atoms with Gasteiger partial charge in [0.25, 0.3) is 5.91 Å². The number of aromatic nitrogens is 2. The molecule has 2 aromatic heterocycles. The summed E-state index contributed by atoms with van der Waals surface area (Å²) in [5, 5.41) is 12.2. The lowest BCUT2D eigenvalue weighted by molar-refractivity contribution is 0.0950. The second kappa shape index (κ2) is 8.04. The first-order valence-electron chi connectivity index (χ1n) is 7.97. The Balaban J connectivity index is 1.51. The summed E-state index contributed by atoms with van der Waals surface area (Å²) < 4.78 is 5.33. The van der Waals surface area contributed by atoms with Gasteiger partial charge in [-0.1, -0.05) is 41.2 Å². The number of nitrogens with zero attached hydrogens (tertiary/aromatic N) is 3. The zero-order valence-electron chi connectivity index (χ0n) is 14.2. The summed E-state index contributed by atoms with van der Waals surface area (Å²) in [5.74, 6) is 0.695. The average molecular weight is 356 g/mol. The standard InChI is InChI=1S/C18H20N4O2S/c1-13-5-7-14(8-6-13)10-19-17(23)18-21-20-16(25-18)12-22(2)11-15-4-3-9-24-15/h3-9H,10-12H2,1-2H3,(H,19,23). The molecule has 0 fully saturated rings.